The first-order valence-electron chi connectivity index (χ1n) is 21.6. The summed E-state index contributed by atoms with van der Waals surface area (Å²) in [5.74, 6) is -1.11. The van der Waals surface area contributed by atoms with Crippen LogP contribution >= 0.6 is 0 Å². The summed E-state index contributed by atoms with van der Waals surface area (Å²) in [5, 5.41) is 9.53. The minimum atomic E-state index is -0.897. The van der Waals surface area contributed by atoms with E-state index in [2.05, 4.69) is 50.3 Å². The molecule has 1 N–H and O–H groups in total. The Balaban J connectivity index is 3.74. The Kier molecular flexibility index (Phi) is 40.6. The standard InChI is InChI=1S/C47H80O5/c1-3-5-7-9-11-13-15-17-19-21-23-25-27-29-31-33-35-37-39-41-46(49)51-44-45(43-48)52-47(50)42-40-38-36-34-32-30-28-26-24-22-20-18-16-14-12-10-8-6-4-2/h17-20,35-42,45,48H,3-16,21-34,43-44H2,1-2H3/b19-17-,20-18-,37-35+,38-36+,41-39+,42-40+/t45-/m0/s1. The molecule has 52 heavy (non-hydrogen) atoms. The van der Waals surface area contributed by atoms with Gasteiger partial charge in [0.2, 0.25) is 0 Å². The highest BCUT2D eigenvalue weighted by Gasteiger charge is 2.13. The third kappa shape index (κ3) is 40.1. The summed E-state index contributed by atoms with van der Waals surface area (Å²) >= 11 is 0. The monoisotopic (exact) mass is 725 g/mol. The van der Waals surface area contributed by atoms with Gasteiger partial charge in [0.15, 0.2) is 6.10 Å². The number of carbonyl (C=O) groups is 2. The molecule has 0 heterocycles. The van der Waals surface area contributed by atoms with E-state index in [9.17, 15) is 14.7 Å². The van der Waals surface area contributed by atoms with Crippen LogP contribution in [0.15, 0.2) is 72.9 Å². The van der Waals surface area contributed by atoms with E-state index in [1.54, 1.807) is 12.2 Å². The molecular weight excluding hydrogens is 645 g/mol. The molecule has 0 radical (unpaired) electrons. The van der Waals surface area contributed by atoms with E-state index in [0.29, 0.717) is 0 Å². The molecule has 0 saturated carbocycles. The number of hydrogen-bond donors (Lipinski definition) is 1. The van der Waals surface area contributed by atoms with Crippen molar-refractivity contribution in [3.05, 3.63) is 72.9 Å². The number of hydrogen-bond acceptors (Lipinski definition) is 5. The Morgan fingerprint density at radius 3 is 1.13 bits per heavy atom. The van der Waals surface area contributed by atoms with E-state index < -0.39 is 24.6 Å². The third-order valence-electron chi connectivity index (χ3n) is 9.12. The number of aliphatic hydroxyl groups excluding tert-OH is 1. The summed E-state index contributed by atoms with van der Waals surface area (Å²) < 4.78 is 10.3. The largest absolute Gasteiger partial charge is 0.458 e. The average molecular weight is 725 g/mol. The summed E-state index contributed by atoms with van der Waals surface area (Å²) in [6.07, 6.45) is 57.9. The molecule has 0 spiro atoms. The summed E-state index contributed by atoms with van der Waals surface area (Å²) in [6, 6.07) is 0. The van der Waals surface area contributed by atoms with Crippen LogP contribution < -0.4 is 0 Å². The average Bonchev–Trinajstić information content (AvgIpc) is 3.15. The molecule has 0 aromatic heterocycles. The predicted octanol–water partition coefficient (Wildman–Crippen LogP) is 13.7. The van der Waals surface area contributed by atoms with E-state index in [0.717, 1.165) is 25.7 Å². The molecule has 5 heteroatoms. The zero-order valence-electron chi connectivity index (χ0n) is 33.8. The second kappa shape index (κ2) is 42.8. The van der Waals surface area contributed by atoms with Crippen molar-refractivity contribution in [1.82, 2.24) is 0 Å². The van der Waals surface area contributed by atoms with Gasteiger partial charge in [0.1, 0.15) is 6.61 Å². The maximum absolute atomic E-state index is 12.1. The first kappa shape index (κ1) is 49.3. The number of carbonyl (C=O) groups excluding carboxylic acids is 2. The molecule has 0 bridgehead atoms. The topological polar surface area (TPSA) is 72.8 Å². The van der Waals surface area contributed by atoms with Gasteiger partial charge >= 0.3 is 11.9 Å². The molecule has 1 atom stereocenters. The molecular formula is C47H80O5. The molecule has 0 saturated heterocycles. The molecule has 0 amide bonds. The summed E-state index contributed by atoms with van der Waals surface area (Å²) in [5.41, 5.74) is 0. The highest BCUT2D eigenvalue weighted by atomic mass is 16.6. The molecule has 0 aromatic carbocycles. The van der Waals surface area contributed by atoms with Crippen LogP contribution in [0.25, 0.3) is 0 Å². The smallest absolute Gasteiger partial charge is 0.331 e. The van der Waals surface area contributed by atoms with Gasteiger partial charge in [-0.25, -0.2) is 9.59 Å². The Bertz CT molecular complexity index is 957. The van der Waals surface area contributed by atoms with Crippen molar-refractivity contribution in [2.75, 3.05) is 13.2 Å². The highest BCUT2D eigenvalue weighted by Crippen LogP contribution is 2.12. The molecule has 0 aliphatic rings. The molecule has 0 unspecified atom stereocenters. The second-order valence-electron chi connectivity index (χ2n) is 14.2. The Labute approximate surface area is 321 Å². The Morgan fingerprint density at radius 2 is 0.769 bits per heavy atom. The molecule has 5 nitrogen and oxygen atoms in total. The molecule has 0 rings (SSSR count). The van der Waals surface area contributed by atoms with Gasteiger partial charge in [-0.05, 0) is 77.0 Å². The third-order valence-corrected chi connectivity index (χ3v) is 9.12. The zero-order valence-corrected chi connectivity index (χ0v) is 33.8. The molecule has 0 fully saturated rings. The molecule has 0 aliphatic carbocycles. The Hall–Kier alpha value is -2.66. The SMILES string of the molecule is CCCCCCCC/C=C\CCCCCCC/C=C/C=C/C(=O)OC[C@H](CO)OC(=O)/C=C/C=C/CCCCCCC/C=C\CCCCCCCC. The fourth-order valence-corrected chi connectivity index (χ4v) is 5.83. The fraction of sp³-hybridized carbons (Fsp3) is 0.702. The van der Waals surface area contributed by atoms with Crippen molar-refractivity contribution in [3.63, 3.8) is 0 Å². The van der Waals surface area contributed by atoms with Gasteiger partial charge in [-0.2, -0.15) is 0 Å². The van der Waals surface area contributed by atoms with Crippen LogP contribution in [0.5, 0.6) is 0 Å². The maximum Gasteiger partial charge on any atom is 0.331 e. The first-order chi connectivity index (χ1) is 25.6. The lowest BCUT2D eigenvalue weighted by Crippen LogP contribution is -2.27. The van der Waals surface area contributed by atoms with Crippen LogP contribution in [-0.4, -0.2) is 36.4 Å². The van der Waals surface area contributed by atoms with Crippen LogP contribution in [0.3, 0.4) is 0 Å². The van der Waals surface area contributed by atoms with E-state index in [1.165, 1.54) is 166 Å². The Morgan fingerprint density at radius 1 is 0.442 bits per heavy atom. The van der Waals surface area contributed by atoms with Crippen LogP contribution in [0, 0.1) is 0 Å². The predicted molar refractivity (Wildman–Crippen MR) is 223 cm³/mol. The van der Waals surface area contributed by atoms with Crippen molar-refractivity contribution in [3.8, 4) is 0 Å². The number of esters is 2. The summed E-state index contributed by atoms with van der Waals surface area (Å²) in [7, 11) is 0. The lowest BCUT2D eigenvalue weighted by molar-refractivity contribution is -0.154. The van der Waals surface area contributed by atoms with Crippen LogP contribution in [0.1, 0.15) is 194 Å². The number of ether oxygens (including phenoxy) is 2. The number of rotatable bonds is 38. The summed E-state index contributed by atoms with van der Waals surface area (Å²) in [4.78, 5) is 24.1. The lowest BCUT2D eigenvalue weighted by Gasteiger charge is -2.13. The zero-order chi connectivity index (χ0) is 37.8. The molecule has 0 aliphatic heterocycles. The molecule has 0 aromatic rings. The van der Waals surface area contributed by atoms with Crippen molar-refractivity contribution in [2.24, 2.45) is 0 Å². The minimum absolute atomic E-state index is 0.191. The summed E-state index contributed by atoms with van der Waals surface area (Å²) in [6.45, 7) is 3.92. The van der Waals surface area contributed by atoms with Crippen LogP contribution in [0.4, 0.5) is 0 Å². The van der Waals surface area contributed by atoms with Gasteiger partial charge in [0, 0.05) is 12.2 Å². The van der Waals surface area contributed by atoms with Crippen molar-refractivity contribution in [1.29, 1.82) is 0 Å². The molecule has 298 valence electrons. The number of unbranched alkanes of at least 4 members (excludes halogenated alkanes) is 24. The van der Waals surface area contributed by atoms with Crippen LogP contribution in [-0.2, 0) is 19.1 Å². The van der Waals surface area contributed by atoms with Crippen molar-refractivity contribution < 1.29 is 24.2 Å². The van der Waals surface area contributed by atoms with Gasteiger partial charge in [-0.3, -0.25) is 0 Å². The lowest BCUT2D eigenvalue weighted by atomic mass is 10.1. The number of allylic oxidation sites excluding steroid dienone is 10. The van der Waals surface area contributed by atoms with Gasteiger partial charge < -0.3 is 14.6 Å². The fourth-order valence-electron chi connectivity index (χ4n) is 5.83. The van der Waals surface area contributed by atoms with E-state index in [1.807, 2.05) is 12.2 Å². The minimum Gasteiger partial charge on any atom is -0.458 e. The van der Waals surface area contributed by atoms with E-state index >= 15 is 0 Å². The van der Waals surface area contributed by atoms with E-state index in [-0.39, 0.29) is 6.61 Å². The second-order valence-corrected chi connectivity index (χ2v) is 14.2. The van der Waals surface area contributed by atoms with E-state index in [4.69, 9.17) is 9.47 Å². The quantitative estimate of drug-likeness (QED) is 0.0226. The maximum atomic E-state index is 12.1. The van der Waals surface area contributed by atoms with Gasteiger partial charge in [0.25, 0.3) is 0 Å². The van der Waals surface area contributed by atoms with Gasteiger partial charge in [-0.15, -0.1) is 0 Å². The van der Waals surface area contributed by atoms with Crippen LogP contribution in [0.2, 0.25) is 0 Å². The first-order valence-corrected chi connectivity index (χ1v) is 21.6. The van der Waals surface area contributed by atoms with Gasteiger partial charge in [0.05, 0.1) is 6.61 Å². The number of aliphatic hydroxyl groups is 1. The van der Waals surface area contributed by atoms with Crippen molar-refractivity contribution in [2.45, 2.75) is 200 Å². The normalized spacial score (nSPS) is 12.9. The van der Waals surface area contributed by atoms with Gasteiger partial charge in [-0.1, -0.05) is 177 Å². The highest BCUT2D eigenvalue weighted by molar-refractivity contribution is 5.83. The van der Waals surface area contributed by atoms with Crippen molar-refractivity contribution >= 4 is 11.9 Å².